The largest absolute Gasteiger partial charge is 1.00 e. The van der Waals surface area contributed by atoms with E-state index in [1.54, 1.807) is 0 Å². The number of ether oxygens (including phenoxy) is 1. The summed E-state index contributed by atoms with van der Waals surface area (Å²) < 4.78 is 7.38. The minimum atomic E-state index is -0.785. The SMILES string of the molecule is C.CC(C(=O)OC1CC2C3C[C@@H]3[C@H](C1)[N+]2(C)C)(c1ccccc1)c1ccccc1.[Br-]. The Hall–Kier alpha value is -1.65. The molecule has 0 amide bonds. The maximum Gasteiger partial charge on any atom is 0.321 e. The topological polar surface area (TPSA) is 26.3 Å². The monoisotopic (exact) mass is 471 g/mol. The van der Waals surface area contributed by atoms with Crippen molar-refractivity contribution in [1.82, 2.24) is 0 Å². The van der Waals surface area contributed by atoms with Gasteiger partial charge >= 0.3 is 5.97 Å². The number of carbonyl (C=O) groups excluding carboxylic acids is 1. The van der Waals surface area contributed by atoms with Gasteiger partial charge in [0.15, 0.2) is 0 Å². The minimum Gasteiger partial charge on any atom is -1.00 e. The molecule has 3 nitrogen and oxygen atoms in total. The molecule has 1 aliphatic carbocycles. The van der Waals surface area contributed by atoms with Crippen LogP contribution in [0.3, 0.4) is 0 Å². The molecule has 4 heteroatoms. The highest BCUT2D eigenvalue weighted by atomic mass is 79.9. The summed E-state index contributed by atoms with van der Waals surface area (Å²) in [5.74, 6) is 1.60. The molecule has 2 heterocycles. The van der Waals surface area contributed by atoms with Crippen LogP contribution in [-0.2, 0) is 14.9 Å². The minimum absolute atomic E-state index is 0. The number of carbonyl (C=O) groups is 1. The van der Waals surface area contributed by atoms with Crippen LogP contribution in [0.1, 0.15) is 44.7 Å². The molecule has 5 rings (SSSR count). The first kappa shape index (κ1) is 23.0. The van der Waals surface area contributed by atoms with Gasteiger partial charge in [-0.2, -0.15) is 0 Å². The van der Waals surface area contributed by atoms with Crippen LogP contribution in [0.5, 0.6) is 0 Å². The van der Waals surface area contributed by atoms with Gasteiger partial charge in [0.25, 0.3) is 0 Å². The van der Waals surface area contributed by atoms with Crippen molar-refractivity contribution in [3.63, 3.8) is 0 Å². The molecule has 0 spiro atoms. The fourth-order valence-electron chi connectivity index (χ4n) is 6.19. The van der Waals surface area contributed by atoms with Gasteiger partial charge in [-0.15, -0.1) is 0 Å². The van der Waals surface area contributed by atoms with Gasteiger partial charge in [0.1, 0.15) is 11.5 Å². The molecule has 0 aromatic heterocycles. The van der Waals surface area contributed by atoms with Gasteiger partial charge in [-0.3, -0.25) is 4.79 Å². The Balaban J connectivity index is 0.00000128. The molecule has 0 radical (unpaired) electrons. The molecule has 2 bridgehead atoms. The lowest BCUT2D eigenvalue weighted by molar-refractivity contribution is -0.937. The molecular weight excluding hydrogens is 438 g/mol. The van der Waals surface area contributed by atoms with E-state index < -0.39 is 5.41 Å². The smallest absolute Gasteiger partial charge is 0.321 e. The first-order valence-electron chi connectivity index (χ1n) is 10.6. The first-order chi connectivity index (χ1) is 13.4. The number of benzene rings is 2. The van der Waals surface area contributed by atoms with Gasteiger partial charge < -0.3 is 26.2 Å². The number of esters is 1. The van der Waals surface area contributed by atoms with Crippen LogP contribution in [-0.4, -0.2) is 42.7 Å². The Morgan fingerprint density at radius 2 is 1.30 bits per heavy atom. The normalized spacial score (nSPS) is 30.3. The van der Waals surface area contributed by atoms with Crippen molar-refractivity contribution >= 4 is 5.97 Å². The van der Waals surface area contributed by atoms with E-state index in [2.05, 4.69) is 14.1 Å². The van der Waals surface area contributed by atoms with E-state index >= 15 is 0 Å². The number of fused-ring (bicyclic) bond motifs is 5. The number of hydrogen-bond donors (Lipinski definition) is 0. The molecule has 2 aliphatic heterocycles. The third-order valence-electron chi connectivity index (χ3n) is 7.98. The van der Waals surface area contributed by atoms with E-state index in [0.29, 0.717) is 12.1 Å². The van der Waals surface area contributed by atoms with Crippen molar-refractivity contribution < 1.29 is 31.0 Å². The molecule has 3 unspecified atom stereocenters. The van der Waals surface area contributed by atoms with Crippen LogP contribution in [0, 0.1) is 11.8 Å². The molecule has 0 N–H and O–H groups in total. The molecule has 30 heavy (non-hydrogen) atoms. The maximum atomic E-state index is 13.6. The predicted molar refractivity (Wildman–Crippen MR) is 116 cm³/mol. The van der Waals surface area contributed by atoms with Gasteiger partial charge in [-0.1, -0.05) is 68.1 Å². The lowest BCUT2D eigenvalue weighted by atomic mass is 9.76. The lowest BCUT2D eigenvalue weighted by Gasteiger charge is -2.46. The van der Waals surface area contributed by atoms with Gasteiger partial charge in [0, 0.05) is 24.7 Å². The summed E-state index contributed by atoms with van der Waals surface area (Å²) >= 11 is 0. The average molecular weight is 472 g/mol. The predicted octanol–water partition coefficient (Wildman–Crippen LogP) is 1.80. The standard InChI is InChI=1S/C25H30NO2.CH4.BrH/c1-25(17-10-6-4-7-11-17,18-12-8-5-9-13-18)24(27)28-19-14-22-20-16-21(20)23(15-19)26(22,2)3;;/h4-13,19-23H,14-16H2,1-3H3;1H4;1H/q+1;;/p-1/t19?,20-,21?,22-,23?;;/m0../s1. The van der Waals surface area contributed by atoms with E-state index in [0.717, 1.165) is 40.3 Å². The molecule has 1 saturated carbocycles. The van der Waals surface area contributed by atoms with Gasteiger partial charge in [0.05, 0.1) is 26.2 Å². The fraction of sp³-hybridized carbons (Fsp3) is 0.500. The molecule has 5 atom stereocenters. The van der Waals surface area contributed by atoms with Gasteiger partial charge in [-0.25, -0.2) is 0 Å². The molecule has 2 saturated heterocycles. The van der Waals surface area contributed by atoms with Crippen molar-refractivity contribution in [3.8, 4) is 0 Å². The van der Waals surface area contributed by atoms with E-state index in [4.69, 9.17) is 4.74 Å². The highest BCUT2D eigenvalue weighted by Crippen LogP contribution is 2.61. The zero-order valence-electron chi connectivity index (χ0n) is 17.4. The Morgan fingerprint density at radius 3 is 1.73 bits per heavy atom. The van der Waals surface area contributed by atoms with E-state index in [1.807, 2.05) is 67.6 Å². The number of quaternary nitrogens is 1. The summed E-state index contributed by atoms with van der Waals surface area (Å²) in [6, 6.07) is 21.4. The van der Waals surface area contributed by atoms with E-state index in [9.17, 15) is 4.79 Å². The highest BCUT2D eigenvalue weighted by Gasteiger charge is 2.68. The second kappa shape index (κ2) is 8.12. The third-order valence-corrected chi connectivity index (χ3v) is 7.98. The van der Waals surface area contributed by atoms with Gasteiger partial charge in [0.2, 0.25) is 0 Å². The van der Waals surface area contributed by atoms with Crippen LogP contribution in [0.15, 0.2) is 60.7 Å². The maximum absolute atomic E-state index is 13.6. The zero-order chi connectivity index (χ0) is 19.5. The molecule has 2 aromatic rings. The zero-order valence-corrected chi connectivity index (χ0v) is 19.0. The number of halogens is 1. The van der Waals surface area contributed by atoms with Crippen LogP contribution in [0.2, 0.25) is 0 Å². The summed E-state index contributed by atoms with van der Waals surface area (Å²) in [6.07, 6.45) is 3.46. The molecule has 2 aromatic carbocycles. The number of hydrogen-bond acceptors (Lipinski definition) is 2. The van der Waals surface area contributed by atoms with Crippen molar-refractivity contribution in [3.05, 3.63) is 71.8 Å². The lowest BCUT2D eigenvalue weighted by Crippen LogP contribution is -3.00. The summed E-state index contributed by atoms with van der Waals surface area (Å²) in [4.78, 5) is 13.6. The third kappa shape index (κ3) is 3.42. The Labute approximate surface area is 191 Å². The highest BCUT2D eigenvalue weighted by molar-refractivity contribution is 5.87. The number of piperidine rings is 2. The van der Waals surface area contributed by atoms with Crippen molar-refractivity contribution in [1.29, 1.82) is 0 Å². The van der Waals surface area contributed by atoms with Crippen LogP contribution in [0.4, 0.5) is 0 Å². The second-order valence-corrected chi connectivity index (χ2v) is 9.68. The molecular formula is C26H34BrNO2. The quantitative estimate of drug-likeness (QED) is 0.501. The van der Waals surface area contributed by atoms with Crippen molar-refractivity contribution in [2.75, 3.05) is 14.1 Å². The first-order valence-corrected chi connectivity index (χ1v) is 10.6. The Bertz CT molecular complexity index is 823. The summed E-state index contributed by atoms with van der Waals surface area (Å²) in [5.41, 5.74) is 1.19. The van der Waals surface area contributed by atoms with Crippen LogP contribution < -0.4 is 17.0 Å². The molecule has 3 aliphatic rings. The average Bonchev–Trinajstić information content (AvgIpc) is 3.47. The Morgan fingerprint density at radius 1 is 0.867 bits per heavy atom. The van der Waals surface area contributed by atoms with Crippen molar-refractivity contribution in [2.45, 2.75) is 57.2 Å². The van der Waals surface area contributed by atoms with Crippen LogP contribution >= 0.6 is 0 Å². The van der Waals surface area contributed by atoms with E-state index in [-0.39, 0.29) is 36.5 Å². The number of rotatable bonds is 4. The summed E-state index contributed by atoms with van der Waals surface area (Å²) in [6.45, 7) is 2.01. The number of nitrogens with zero attached hydrogens (tertiary/aromatic N) is 1. The summed E-state index contributed by atoms with van der Waals surface area (Å²) in [7, 11) is 4.75. The van der Waals surface area contributed by atoms with Crippen molar-refractivity contribution in [2.24, 2.45) is 11.8 Å². The Kier molecular flexibility index (Phi) is 6.23. The van der Waals surface area contributed by atoms with E-state index in [1.165, 1.54) is 6.42 Å². The van der Waals surface area contributed by atoms with Gasteiger partial charge in [-0.05, 0) is 24.5 Å². The molecule has 3 fully saturated rings. The fourth-order valence-corrected chi connectivity index (χ4v) is 6.19. The molecule has 162 valence electrons. The van der Waals surface area contributed by atoms with Crippen LogP contribution in [0.25, 0.3) is 0 Å². The second-order valence-electron chi connectivity index (χ2n) is 9.68. The summed E-state index contributed by atoms with van der Waals surface area (Å²) in [5, 5.41) is 0.